The van der Waals surface area contributed by atoms with Crippen LogP contribution in [0, 0.1) is 11.6 Å². The minimum atomic E-state index is -0.501. The number of para-hydroxylation sites is 1. The summed E-state index contributed by atoms with van der Waals surface area (Å²) in [5.74, 6) is -0.337. The van der Waals surface area contributed by atoms with Crippen molar-refractivity contribution in [2.75, 3.05) is 6.61 Å². The van der Waals surface area contributed by atoms with E-state index >= 15 is 0 Å². The second-order valence-corrected chi connectivity index (χ2v) is 7.32. The Balaban J connectivity index is 1.79. The zero-order valence-corrected chi connectivity index (χ0v) is 15.4. The maximum atomic E-state index is 14.2. The monoisotopic (exact) mass is 426 g/mol. The van der Waals surface area contributed by atoms with Crippen molar-refractivity contribution in [3.63, 3.8) is 0 Å². The molecule has 0 unspecified atom stereocenters. The number of halogens is 4. The second-order valence-electron chi connectivity index (χ2n) is 6.06. The number of aromatic nitrogens is 2. The van der Waals surface area contributed by atoms with Gasteiger partial charge in [0, 0.05) is 13.0 Å². The Kier molecular flexibility index (Phi) is 4.52. The maximum Gasteiger partial charge on any atom is 0.137 e. The van der Waals surface area contributed by atoms with Crippen molar-refractivity contribution >= 4 is 38.6 Å². The molecule has 1 atom stereocenters. The van der Waals surface area contributed by atoms with Crippen LogP contribution in [-0.4, -0.2) is 22.3 Å². The van der Waals surface area contributed by atoms with Crippen LogP contribution in [0.25, 0.3) is 11.0 Å². The Hall–Kier alpha value is -1.50. The molecule has 0 saturated carbocycles. The van der Waals surface area contributed by atoms with Gasteiger partial charge in [-0.05, 0) is 52.2 Å². The van der Waals surface area contributed by atoms with E-state index in [0.29, 0.717) is 22.9 Å². The van der Waals surface area contributed by atoms with E-state index in [-0.39, 0.29) is 22.6 Å². The summed E-state index contributed by atoms with van der Waals surface area (Å²) in [7, 11) is 0. The van der Waals surface area contributed by atoms with Gasteiger partial charge >= 0.3 is 0 Å². The molecule has 0 radical (unpaired) electrons. The first-order valence-corrected chi connectivity index (χ1v) is 9.08. The maximum absolute atomic E-state index is 14.2. The molecule has 2 aromatic carbocycles. The van der Waals surface area contributed by atoms with Crippen LogP contribution in [0.5, 0.6) is 0 Å². The van der Waals surface area contributed by atoms with Crippen LogP contribution in [0.4, 0.5) is 8.78 Å². The lowest BCUT2D eigenvalue weighted by Gasteiger charge is -2.27. The molecule has 3 nitrogen and oxygen atoms in total. The first-order chi connectivity index (χ1) is 12.0. The van der Waals surface area contributed by atoms with Crippen LogP contribution in [0.2, 0.25) is 5.02 Å². The number of hydrogen-bond acceptors (Lipinski definition) is 2. The number of imidazole rings is 1. The van der Waals surface area contributed by atoms with Gasteiger partial charge in [-0.15, -0.1) is 0 Å². The van der Waals surface area contributed by atoms with E-state index in [1.165, 1.54) is 6.07 Å². The first-order valence-electron chi connectivity index (χ1n) is 7.91. The lowest BCUT2D eigenvalue weighted by atomic mass is 10.1. The Morgan fingerprint density at radius 3 is 2.80 bits per heavy atom. The molecule has 0 spiro atoms. The molecule has 1 saturated heterocycles. The zero-order valence-electron chi connectivity index (χ0n) is 13.1. The highest BCUT2D eigenvalue weighted by Crippen LogP contribution is 2.28. The van der Waals surface area contributed by atoms with Gasteiger partial charge < -0.3 is 9.30 Å². The van der Waals surface area contributed by atoms with E-state index in [1.54, 1.807) is 6.07 Å². The Labute approximate surface area is 156 Å². The molecule has 0 N–H and O–H groups in total. The molecular formula is C18H14BrClF2N2O. The number of fused-ring (bicyclic) bond motifs is 1. The van der Waals surface area contributed by atoms with Gasteiger partial charge in [0.15, 0.2) is 0 Å². The molecule has 0 amide bonds. The highest BCUT2D eigenvalue weighted by Gasteiger charge is 2.23. The van der Waals surface area contributed by atoms with E-state index in [4.69, 9.17) is 16.3 Å². The summed E-state index contributed by atoms with van der Waals surface area (Å²) in [6.45, 7) is 1.37. The standard InChI is InChI=1S/C18H14BrClF2N2O/c19-12-8-14(21)10(6-15(12)22)7-17-23-18-13(20)2-1-3-16(18)24(17)9-11-4-5-25-11/h1-3,6,8,11H,4-5,7,9H2/t11-/m0/s1. The third-order valence-corrected chi connectivity index (χ3v) is 5.34. The highest BCUT2D eigenvalue weighted by molar-refractivity contribution is 9.10. The van der Waals surface area contributed by atoms with E-state index in [2.05, 4.69) is 20.9 Å². The summed E-state index contributed by atoms with van der Waals surface area (Å²) in [5.41, 5.74) is 1.79. The summed E-state index contributed by atoms with van der Waals surface area (Å²) in [4.78, 5) is 4.59. The van der Waals surface area contributed by atoms with Crippen LogP contribution in [-0.2, 0) is 17.7 Å². The van der Waals surface area contributed by atoms with Gasteiger partial charge in [0.05, 0.1) is 27.7 Å². The molecule has 3 aromatic rings. The van der Waals surface area contributed by atoms with Gasteiger partial charge in [-0.3, -0.25) is 0 Å². The van der Waals surface area contributed by atoms with E-state index in [1.807, 2.05) is 16.7 Å². The second kappa shape index (κ2) is 6.67. The number of benzene rings is 2. The number of hydrogen-bond donors (Lipinski definition) is 0. The van der Waals surface area contributed by atoms with Gasteiger partial charge in [0.25, 0.3) is 0 Å². The minimum absolute atomic E-state index is 0.105. The molecule has 130 valence electrons. The molecule has 2 heterocycles. The van der Waals surface area contributed by atoms with Gasteiger partial charge in [-0.2, -0.15) is 0 Å². The fourth-order valence-corrected chi connectivity index (χ4v) is 3.53. The molecule has 7 heteroatoms. The predicted molar refractivity (Wildman–Crippen MR) is 96.0 cm³/mol. The van der Waals surface area contributed by atoms with Crippen LogP contribution in [0.15, 0.2) is 34.8 Å². The Morgan fingerprint density at radius 2 is 2.08 bits per heavy atom. The third-order valence-electron chi connectivity index (χ3n) is 4.43. The molecule has 1 aliphatic rings. The molecular weight excluding hydrogens is 414 g/mol. The third kappa shape index (κ3) is 3.18. The fraction of sp³-hybridized carbons (Fsp3) is 0.278. The normalized spacial score (nSPS) is 17.0. The Morgan fingerprint density at radius 1 is 1.28 bits per heavy atom. The average molecular weight is 428 g/mol. The minimum Gasteiger partial charge on any atom is -0.376 e. The Bertz CT molecular complexity index is 956. The zero-order chi connectivity index (χ0) is 17.6. The largest absolute Gasteiger partial charge is 0.376 e. The van der Waals surface area contributed by atoms with Crippen molar-refractivity contribution in [2.45, 2.75) is 25.5 Å². The molecule has 0 bridgehead atoms. The van der Waals surface area contributed by atoms with Crippen molar-refractivity contribution in [1.82, 2.24) is 9.55 Å². The van der Waals surface area contributed by atoms with Crippen LogP contribution in [0.3, 0.4) is 0 Å². The van der Waals surface area contributed by atoms with Crippen LogP contribution < -0.4 is 0 Å². The van der Waals surface area contributed by atoms with E-state index < -0.39 is 11.6 Å². The topological polar surface area (TPSA) is 27.1 Å². The lowest BCUT2D eigenvalue weighted by Crippen LogP contribution is -2.31. The predicted octanol–water partition coefficient (Wildman–Crippen LogP) is 5.11. The van der Waals surface area contributed by atoms with Gasteiger partial charge in [0.1, 0.15) is 23.0 Å². The van der Waals surface area contributed by atoms with Crippen molar-refractivity contribution in [3.05, 3.63) is 62.8 Å². The van der Waals surface area contributed by atoms with Crippen molar-refractivity contribution in [3.8, 4) is 0 Å². The van der Waals surface area contributed by atoms with Crippen molar-refractivity contribution in [1.29, 1.82) is 0 Å². The quantitative estimate of drug-likeness (QED) is 0.541. The molecule has 1 aliphatic heterocycles. The molecule has 1 aromatic heterocycles. The smallest absolute Gasteiger partial charge is 0.137 e. The van der Waals surface area contributed by atoms with Crippen LogP contribution >= 0.6 is 27.5 Å². The fourth-order valence-electron chi connectivity index (χ4n) is 3.00. The van der Waals surface area contributed by atoms with E-state index in [0.717, 1.165) is 24.6 Å². The van der Waals surface area contributed by atoms with E-state index in [9.17, 15) is 8.78 Å². The number of nitrogens with zero attached hydrogens (tertiary/aromatic N) is 2. The van der Waals surface area contributed by atoms with Gasteiger partial charge in [0.2, 0.25) is 0 Å². The SMILES string of the molecule is Fc1cc(Cc2nc3c(Cl)cccc3n2C[C@@H]2CCO2)c(F)cc1Br. The summed E-state index contributed by atoms with van der Waals surface area (Å²) in [6, 6.07) is 7.89. The number of rotatable bonds is 4. The summed E-state index contributed by atoms with van der Waals surface area (Å²) < 4.78 is 35.7. The highest BCUT2D eigenvalue weighted by atomic mass is 79.9. The summed E-state index contributed by atoms with van der Waals surface area (Å²) in [6.07, 6.45) is 1.26. The molecule has 4 rings (SSSR count). The molecule has 0 aliphatic carbocycles. The van der Waals surface area contributed by atoms with Crippen LogP contribution in [0.1, 0.15) is 17.8 Å². The van der Waals surface area contributed by atoms with Gasteiger partial charge in [-0.1, -0.05) is 17.7 Å². The van der Waals surface area contributed by atoms with Crippen molar-refractivity contribution < 1.29 is 13.5 Å². The number of ether oxygens (including phenoxy) is 1. The van der Waals surface area contributed by atoms with Gasteiger partial charge in [-0.25, -0.2) is 13.8 Å². The average Bonchev–Trinajstić information content (AvgIpc) is 2.87. The molecule has 25 heavy (non-hydrogen) atoms. The summed E-state index contributed by atoms with van der Waals surface area (Å²) in [5, 5.41) is 0.537. The first kappa shape index (κ1) is 16.9. The lowest BCUT2D eigenvalue weighted by molar-refractivity contribution is -0.0589. The summed E-state index contributed by atoms with van der Waals surface area (Å²) >= 11 is 9.26. The molecule has 1 fully saturated rings. The van der Waals surface area contributed by atoms with Crippen molar-refractivity contribution in [2.24, 2.45) is 0 Å².